The fourth-order valence-corrected chi connectivity index (χ4v) is 5.76. The number of rotatable bonds is 13. The van der Waals surface area contributed by atoms with Crippen molar-refractivity contribution in [3.05, 3.63) is 94.5 Å². The summed E-state index contributed by atoms with van der Waals surface area (Å²) in [6, 6.07) is 22.2. The molecular weight excluding hydrogens is 578 g/mol. The third-order valence-electron chi connectivity index (χ3n) is 6.48. The smallest absolute Gasteiger partial charge is 0.264 e. The Labute approximate surface area is 240 Å². The third-order valence-corrected chi connectivity index (χ3v) is 8.80. The van der Waals surface area contributed by atoms with Crippen molar-refractivity contribution in [2.24, 2.45) is 0 Å². The van der Waals surface area contributed by atoms with Crippen LogP contribution < -0.4 is 9.62 Å². The minimum absolute atomic E-state index is 0.0880. The average Bonchev–Trinajstić information content (AvgIpc) is 2.93. The molecule has 0 aromatic heterocycles. The zero-order valence-corrected chi connectivity index (χ0v) is 25.0. The molecule has 7 nitrogen and oxygen atoms in total. The Kier molecular flexibility index (Phi) is 11.1. The van der Waals surface area contributed by atoms with Crippen molar-refractivity contribution < 1.29 is 18.0 Å². The molecule has 208 valence electrons. The van der Waals surface area contributed by atoms with Gasteiger partial charge in [0.1, 0.15) is 12.6 Å². The van der Waals surface area contributed by atoms with Crippen molar-refractivity contribution in [2.45, 2.75) is 51.0 Å². The highest BCUT2D eigenvalue weighted by atomic mass is 79.9. The Morgan fingerprint density at radius 3 is 2.21 bits per heavy atom. The summed E-state index contributed by atoms with van der Waals surface area (Å²) in [5.41, 5.74) is 2.30. The molecule has 9 heteroatoms. The average molecular weight is 615 g/mol. The molecule has 2 amide bonds. The molecule has 0 radical (unpaired) electrons. The van der Waals surface area contributed by atoms with E-state index in [0.717, 1.165) is 32.7 Å². The first-order valence-electron chi connectivity index (χ1n) is 13.1. The first-order valence-corrected chi connectivity index (χ1v) is 15.3. The van der Waals surface area contributed by atoms with Gasteiger partial charge in [-0.25, -0.2) is 8.42 Å². The second kappa shape index (κ2) is 14.3. The Morgan fingerprint density at radius 2 is 1.59 bits per heavy atom. The van der Waals surface area contributed by atoms with E-state index >= 15 is 0 Å². The monoisotopic (exact) mass is 613 g/mol. The summed E-state index contributed by atoms with van der Waals surface area (Å²) in [4.78, 5) is 28.4. The number of hydrogen-bond acceptors (Lipinski definition) is 4. The predicted molar refractivity (Wildman–Crippen MR) is 159 cm³/mol. The van der Waals surface area contributed by atoms with Crippen LogP contribution in [-0.4, -0.2) is 50.8 Å². The first kappa shape index (κ1) is 30.4. The largest absolute Gasteiger partial charge is 0.354 e. The van der Waals surface area contributed by atoms with Gasteiger partial charge in [0.25, 0.3) is 10.0 Å². The molecule has 0 heterocycles. The Hall–Kier alpha value is -3.17. The molecule has 0 saturated heterocycles. The molecule has 1 N–H and O–H groups in total. The third kappa shape index (κ3) is 8.41. The summed E-state index contributed by atoms with van der Waals surface area (Å²) >= 11 is 3.39. The molecule has 39 heavy (non-hydrogen) atoms. The Morgan fingerprint density at radius 1 is 0.949 bits per heavy atom. The number of anilines is 1. The van der Waals surface area contributed by atoms with Crippen LogP contribution in [0.2, 0.25) is 0 Å². The zero-order valence-electron chi connectivity index (χ0n) is 22.6. The van der Waals surface area contributed by atoms with Crippen molar-refractivity contribution in [1.29, 1.82) is 0 Å². The molecule has 0 unspecified atom stereocenters. The molecule has 0 saturated carbocycles. The minimum atomic E-state index is -4.07. The van der Waals surface area contributed by atoms with E-state index in [1.807, 2.05) is 44.2 Å². The van der Waals surface area contributed by atoms with Gasteiger partial charge in [-0.15, -0.1) is 0 Å². The molecule has 3 aromatic rings. The van der Waals surface area contributed by atoms with Gasteiger partial charge >= 0.3 is 0 Å². The van der Waals surface area contributed by atoms with Crippen LogP contribution in [0.4, 0.5) is 5.69 Å². The van der Waals surface area contributed by atoms with Crippen molar-refractivity contribution >= 4 is 43.5 Å². The second-order valence-electron chi connectivity index (χ2n) is 9.44. The fourth-order valence-electron chi connectivity index (χ4n) is 4.08. The lowest BCUT2D eigenvalue weighted by molar-refractivity contribution is -0.138. The van der Waals surface area contributed by atoms with Gasteiger partial charge in [-0.2, -0.15) is 0 Å². The van der Waals surface area contributed by atoms with Crippen LogP contribution in [0, 0.1) is 6.92 Å². The van der Waals surface area contributed by atoms with Crippen molar-refractivity contribution in [3.63, 3.8) is 0 Å². The number of carbonyl (C=O) groups excluding carboxylic acids is 2. The van der Waals surface area contributed by atoms with Gasteiger partial charge in [0.15, 0.2) is 0 Å². The van der Waals surface area contributed by atoms with E-state index in [4.69, 9.17) is 0 Å². The number of unbranched alkanes of at least 4 members (excludes halogenated alkanes) is 1. The summed E-state index contributed by atoms with van der Waals surface area (Å²) in [5, 5.41) is 2.90. The van der Waals surface area contributed by atoms with Gasteiger partial charge in [-0.1, -0.05) is 77.3 Å². The van der Waals surface area contributed by atoms with Crippen LogP contribution in [-0.2, 0) is 26.0 Å². The Balaban J connectivity index is 1.94. The lowest BCUT2D eigenvalue weighted by atomic mass is 10.1. The lowest BCUT2D eigenvalue weighted by Crippen LogP contribution is -2.52. The number of nitrogens with zero attached hydrogens (tertiary/aromatic N) is 2. The van der Waals surface area contributed by atoms with Crippen LogP contribution in [0.1, 0.15) is 37.8 Å². The number of aryl methyl sites for hydroxylation is 1. The first-order chi connectivity index (χ1) is 18.6. The summed E-state index contributed by atoms with van der Waals surface area (Å²) in [5.74, 6) is -0.718. The highest BCUT2D eigenvalue weighted by Crippen LogP contribution is 2.26. The van der Waals surface area contributed by atoms with Gasteiger partial charge in [0.05, 0.1) is 10.6 Å². The zero-order chi connectivity index (χ0) is 28.4. The standard InChI is InChI=1S/C30H36BrN3O4S/c1-4-5-20-32-30(36)24(3)33(21-19-25-9-7-6-8-10-25)29(35)22-34(27-15-13-26(31)14-16-27)39(37,38)28-17-11-23(2)12-18-28/h6-18,24H,4-5,19-22H2,1-3H3,(H,32,36)/t24-/m0/s1. The molecular formula is C30H36BrN3O4S. The molecule has 3 aromatic carbocycles. The number of sulfonamides is 1. The van der Waals surface area contributed by atoms with Gasteiger partial charge in [-0.05, 0) is 68.7 Å². The molecule has 0 bridgehead atoms. The number of hydrogen-bond donors (Lipinski definition) is 1. The van der Waals surface area contributed by atoms with E-state index in [0.29, 0.717) is 18.7 Å². The number of carbonyl (C=O) groups is 2. The van der Waals surface area contributed by atoms with Crippen molar-refractivity contribution in [1.82, 2.24) is 10.2 Å². The molecule has 0 aliphatic heterocycles. The van der Waals surface area contributed by atoms with Gasteiger partial charge in [0, 0.05) is 17.6 Å². The maximum atomic E-state index is 13.9. The van der Waals surface area contributed by atoms with E-state index in [1.54, 1.807) is 43.3 Å². The minimum Gasteiger partial charge on any atom is -0.354 e. The van der Waals surface area contributed by atoms with Crippen LogP contribution in [0.5, 0.6) is 0 Å². The maximum absolute atomic E-state index is 13.9. The lowest BCUT2D eigenvalue weighted by Gasteiger charge is -2.32. The van der Waals surface area contributed by atoms with Gasteiger partial charge < -0.3 is 10.2 Å². The summed E-state index contributed by atoms with van der Waals surface area (Å²) in [7, 11) is -4.07. The summed E-state index contributed by atoms with van der Waals surface area (Å²) in [6.07, 6.45) is 2.30. The normalized spacial score (nSPS) is 12.0. The van der Waals surface area contributed by atoms with Gasteiger partial charge in [-0.3, -0.25) is 13.9 Å². The second-order valence-corrected chi connectivity index (χ2v) is 12.2. The molecule has 3 rings (SSSR count). The van der Waals surface area contributed by atoms with E-state index in [1.165, 1.54) is 17.0 Å². The van der Waals surface area contributed by atoms with E-state index in [-0.39, 0.29) is 17.3 Å². The number of halogens is 1. The molecule has 0 spiro atoms. The van der Waals surface area contributed by atoms with Crippen molar-refractivity contribution in [2.75, 3.05) is 23.9 Å². The highest BCUT2D eigenvalue weighted by molar-refractivity contribution is 9.10. The quantitative estimate of drug-likeness (QED) is 0.264. The highest BCUT2D eigenvalue weighted by Gasteiger charge is 2.32. The van der Waals surface area contributed by atoms with Crippen LogP contribution in [0.3, 0.4) is 0 Å². The van der Waals surface area contributed by atoms with E-state index in [2.05, 4.69) is 21.2 Å². The molecule has 0 aliphatic rings. The molecule has 0 aliphatic carbocycles. The molecule has 1 atom stereocenters. The number of nitrogens with one attached hydrogen (secondary N) is 1. The predicted octanol–water partition coefficient (Wildman–Crippen LogP) is 5.33. The summed E-state index contributed by atoms with van der Waals surface area (Å²) in [6.45, 7) is 5.94. The SMILES string of the molecule is CCCCNC(=O)[C@H](C)N(CCc1ccccc1)C(=O)CN(c1ccc(Br)cc1)S(=O)(=O)c1ccc(C)cc1. The molecule has 0 fully saturated rings. The van der Waals surface area contributed by atoms with E-state index in [9.17, 15) is 18.0 Å². The van der Waals surface area contributed by atoms with Crippen molar-refractivity contribution in [3.8, 4) is 0 Å². The maximum Gasteiger partial charge on any atom is 0.264 e. The Bertz CT molecular complexity index is 1330. The number of benzene rings is 3. The fraction of sp³-hybridized carbons (Fsp3) is 0.333. The van der Waals surface area contributed by atoms with E-state index < -0.39 is 28.5 Å². The van der Waals surface area contributed by atoms with Gasteiger partial charge in [0.2, 0.25) is 11.8 Å². The number of amides is 2. The topological polar surface area (TPSA) is 86.8 Å². The van der Waals surface area contributed by atoms with Crippen LogP contribution in [0.25, 0.3) is 0 Å². The van der Waals surface area contributed by atoms with Crippen LogP contribution >= 0.6 is 15.9 Å². The van der Waals surface area contributed by atoms with Crippen LogP contribution in [0.15, 0.2) is 88.2 Å². The summed E-state index contributed by atoms with van der Waals surface area (Å²) < 4.78 is 29.5.